The van der Waals surface area contributed by atoms with Crippen molar-refractivity contribution in [1.29, 1.82) is 0 Å². The number of nitrogens with zero attached hydrogens (tertiary/aromatic N) is 5. The first kappa shape index (κ1) is 24.4. The Labute approximate surface area is 207 Å². The van der Waals surface area contributed by atoms with Gasteiger partial charge in [-0.15, -0.1) is 0 Å². The summed E-state index contributed by atoms with van der Waals surface area (Å²) in [6.45, 7) is 6.36. The van der Waals surface area contributed by atoms with Crippen LogP contribution in [0.5, 0.6) is 5.75 Å². The van der Waals surface area contributed by atoms with Gasteiger partial charge in [-0.25, -0.2) is 19.7 Å². The van der Waals surface area contributed by atoms with Gasteiger partial charge < -0.3 is 24.6 Å². The number of amides is 1. The fraction of sp³-hybridized carbons (Fsp3) is 0.375. The van der Waals surface area contributed by atoms with Gasteiger partial charge in [0, 0.05) is 37.8 Å². The summed E-state index contributed by atoms with van der Waals surface area (Å²) in [7, 11) is 2.96. The zero-order chi connectivity index (χ0) is 24.9. The van der Waals surface area contributed by atoms with E-state index >= 15 is 0 Å². The van der Waals surface area contributed by atoms with Crippen LogP contribution in [0.2, 0.25) is 0 Å². The summed E-state index contributed by atoms with van der Waals surface area (Å²) in [5, 5.41) is 3.68. The van der Waals surface area contributed by atoms with Gasteiger partial charge in [0.15, 0.2) is 5.13 Å². The Balaban J connectivity index is 1.43. The molecular formula is C24H28N6O4S. The number of nitrogens with one attached hydrogen (secondary N) is 1. The Kier molecular flexibility index (Phi) is 7.45. The van der Waals surface area contributed by atoms with Crippen LogP contribution in [0.1, 0.15) is 38.3 Å². The molecule has 1 fully saturated rings. The maximum Gasteiger partial charge on any atom is 0.349 e. The minimum atomic E-state index is -0.428. The van der Waals surface area contributed by atoms with Crippen LogP contribution in [0.3, 0.4) is 0 Å². The van der Waals surface area contributed by atoms with Gasteiger partial charge in [0.1, 0.15) is 28.1 Å². The topological polar surface area (TPSA) is 110 Å². The summed E-state index contributed by atoms with van der Waals surface area (Å²) in [6.07, 6.45) is 2.23. The molecule has 0 unspecified atom stereocenters. The van der Waals surface area contributed by atoms with Crippen LogP contribution >= 0.6 is 11.3 Å². The Hall–Kier alpha value is -3.73. The molecule has 184 valence electrons. The highest BCUT2D eigenvalue weighted by atomic mass is 32.1. The third-order valence-electron chi connectivity index (χ3n) is 5.77. The van der Waals surface area contributed by atoms with Gasteiger partial charge >= 0.3 is 5.97 Å². The second-order valence-corrected chi connectivity index (χ2v) is 8.99. The third-order valence-corrected chi connectivity index (χ3v) is 6.66. The number of piperazine rings is 1. The van der Waals surface area contributed by atoms with Gasteiger partial charge in [0.2, 0.25) is 0 Å². The largest absolute Gasteiger partial charge is 0.497 e. The molecule has 0 bridgehead atoms. The number of methoxy groups -OCH3 is 2. The first-order chi connectivity index (χ1) is 16.9. The lowest BCUT2D eigenvalue weighted by molar-refractivity contribution is 0.0605. The summed E-state index contributed by atoms with van der Waals surface area (Å²) in [4.78, 5) is 42.5. The molecule has 0 atom stereocenters. The molecule has 1 aliphatic heterocycles. The van der Waals surface area contributed by atoms with Crippen molar-refractivity contribution in [2.75, 3.05) is 50.6 Å². The lowest BCUT2D eigenvalue weighted by Crippen LogP contribution is -2.49. The normalized spacial score (nSPS) is 13.5. The van der Waals surface area contributed by atoms with Crippen LogP contribution in [-0.4, -0.2) is 72.1 Å². The molecule has 3 aromatic rings. The van der Waals surface area contributed by atoms with Gasteiger partial charge in [-0.1, -0.05) is 18.3 Å². The van der Waals surface area contributed by atoms with E-state index in [0.29, 0.717) is 47.8 Å². The van der Waals surface area contributed by atoms with E-state index in [1.165, 1.54) is 24.6 Å². The van der Waals surface area contributed by atoms with Crippen molar-refractivity contribution < 1.29 is 19.1 Å². The number of aromatic nitrogens is 3. The number of anilines is 3. The van der Waals surface area contributed by atoms with Gasteiger partial charge in [-0.3, -0.25) is 4.79 Å². The molecule has 11 heteroatoms. The second-order valence-electron chi connectivity index (χ2n) is 7.96. The summed E-state index contributed by atoms with van der Waals surface area (Å²) >= 11 is 1.19. The van der Waals surface area contributed by atoms with E-state index in [4.69, 9.17) is 9.47 Å². The van der Waals surface area contributed by atoms with Crippen LogP contribution in [-0.2, 0) is 11.2 Å². The molecule has 0 saturated carbocycles. The number of ether oxygens (including phenoxy) is 2. The molecule has 10 nitrogen and oxygen atoms in total. The number of rotatable bonds is 7. The monoisotopic (exact) mass is 496 g/mol. The smallest absolute Gasteiger partial charge is 0.349 e. The molecule has 1 saturated heterocycles. The Morgan fingerprint density at radius 2 is 1.89 bits per heavy atom. The molecule has 1 aromatic carbocycles. The minimum absolute atomic E-state index is 0.0376. The Bertz CT molecular complexity index is 1220. The van der Waals surface area contributed by atoms with Crippen molar-refractivity contribution in [3.05, 3.63) is 52.3 Å². The highest BCUT2D eigenvalue weighted by molar-refractivity contribution is 7.17. The fourth-order valence-electron chi connectivity index (χ4n) is 3.92. The molecule has 1 N–H and O–H groups in total. The van der Waals surface area contributed by atoms with E-state index in [1.807, 2.05) is 43.0 Å². The van der Waals surface area contributed by atoms with Crippen LogP contribution in [0.4, 0.5) is 16.8 Å². The van der Waals surface area contributed by atoms with Crippen LogP contribution in [0, 0.1) is 6.92 Å². The van der Waals surface area contributed by atoms with Gasteiger partial charge in [0.25, 0.3) is 5.91 Å². The molecular weight excluding hydrogens is 468 g/mol. The molecule has 2 aromatic heterocycles. The number of esters is 1. The van der Waals surface area contributed by atoms with Crippen molar-refractivity contribution >= 4 is 40.0 Å². The molecule has 0 spiro atoms. The van der Waals surface area contributed by atoms with Crippen molar-refractivity contribution in [3.63, 3.8) is 0 Å². The summed E-state index contributed by atoms with van der Waals surface area (Å²) < 4.78 is 10.0. The van der Waals surface area contributed by atoms with Crippen LogP contribution < -0.4 is 15.0 Å². The number of hydrogen-bond acceptors (Lipinski definition) is 10. The molecule has 35 heavy (non-hydrogen) atoms. The van der Waals surface area contributed by atoms with E-state index in [0.717, 1.165) is 29.1 Å². The zero-order valence-electron chi connectivity index (χ0n) is 20.2. The lowest BCUT2D eigenvalue weighted by Gasteiger charge is -2.36. The zero-order valence-corrected chi connectivity index (χ0v) is 21.0. The van der Waals surface area contributed by atoms with Gasteiger partial charge in [-0.05, 0) is 37.1 Å². The second kappa shape index (κ2) is 10.7. The van der Waals surface area contributed by atoms with E-state index < -0.39 is 5.97 Å². The maximum absolute atomic E-state index is 13.2. The number of thiazole rings is 1. The number of hydrogen-bond donors (Lipinski definition) is 1. The van der Waals surface area contributed by atoms with Crippen LogP contribution in [0.15, 0.2) is 30.5 Å². The van der Waals surface area contributed by atoms with Crippen molar-refractivity contribution in [1.82, 2.24) is 19.9 Å². The number of aryl methyl sites for hydroxylation is 2. The van der Waals surface area contributed by atoms with Crippen LogP contribution in [0.25, 0.3) is 0 Å². The van der Waals surface area contributed by atoms with Gasteiger partial charge in [0.05, 0.1) is 20.4 Å². The first-order valence-electron chi connectivity index (χ1n) is 11.3. The summed E-state index contributed by atoms with van der Waals surface area (Å²) in [5.41, 5.74) is 1.71. The third kappa shape index (κ3) is 5.51. The number of benzene rings is 1. The maximum atomic E-state index is 13.2. The SMILES string of the molecule is CCc1cc(OC)ccc1C(=O)N1CCN(c2cc(Nc3ncc(C(=O)OC)s3)nc(C)n2)CC1. The molecule has 0 aliphatic carbocycles. The van der Waals surface area contributed by atoms with Gasteiger partial charge in [-0.2, -0.15) is 0 Å². The minimum Gasteiger partial charge on any atom is -0.497 e. The molecule has 3 heterocycles. The average Bonchev–Trinajstić information content (AvgIpc) is 3.35. The van der Waals surface area contributed by atoms with Crippen molar-refractivity contribution in [2.45, 2.75) is 20.3 Å². The molecule has 1 aliphatic rings. The molecule has 4 rings (SSSR count). The summed E-state index contributed by atoms with van der Waals surface area (Å²) in [5.74, 6) is 2.34. The van der Waals surface area contributed by atoms with Crippen molar-refractivity contribution in [2.24, 2.45) is 0 Å². The Morgan fingerprint density at radius 1 is 1.11 bits per heavy atom. The fourth-order valence-corrected chi connectivity index (χ4v) is 4.66. The number of carbonyl (C=O) groups excluding carboxylic acids is 2. The standard InChI is InChI=1S/C24H28N6O4S/c1-5-16-12-17(33-3)6-7-18(16)22(31)30-10-8-29(9-11-30)21-13-20(26-15(2)27-21)28-24-25-14-19(35-24)23(32)34-4/h6-7,12-14H,5,8-11H2,1-4H3,(H,25,26,27,28). The molecule has 0 radical (unpaired) electrons. The predicted molar refractivity (Wildman–Crippen MR) is 134 cm³/mol. The highest BCUT2D eigenvalue weighted by Crippen LogP contribution is 2.25. The lowest BCUT2D eigenvalue weighted by atomic mass is 10.0. The predicted octanol–water partition coefficient (Wildman–Crippen LogP) is 3.31. The summed E-state index contributed by atoms with van der Waals surface area (Å²) in [6, 6.07) is 7.46. The van der Waals surface area contributed by atoms with E-state index in [-0.39, 0.29) is 5.91 Å². The highest BCUT2D eigenvalue weighted by Gasteiger charge is 2.25. The van der Waals surface area contributed by atoms with E-state index in [1.54, 1.807) is 7.11 Å². The quantitative estimate of drug-likeness (QED) is 0.493. The first-order valence-corrected chi connectivity index (χ1v) is 12.1. The Morgan fingerprint density at radius 3 is 2.57 bits per heavy atom. The van der Waals surface area contributed by atoms with E-state index in [2.05, 4.69) is 25.2 Å². The molecule has 1 amide bonds. The number of carbonyl (C=O) groups is 2. The average molecular weight is 497 g/mol. The van der Waals surface area contributed by atoms with E-state index in [9.17, 15) is 9.59 Å². The van der Waals surface area contributed by atoms with Crippen molar-refractivity contribution in [3.8, 4) is 5.75 Å².